The standard InChI is InChI=1S/C26H24N2O3/c1-27-15-20(17-30-16-19-9-3-2-4-10-19)28-26(29)31-18-25-23-13-7-5-11-21(23)22-12-6-8-14-24(22)25/h2-14,20,25H,15-18H2,(H,28,29)/t20-/m1/s1. The molecule has 1 aliphatic rings. The van der Waals surface area contributed by atoms with Crippen LogP contribution in [0.4, 0.5) is 4.79 Å². The highest BCUT2D eigenvalue weighted by atomic mass is 16.5. The number of benzene rings is 3. The summed E-state index contributed by atoms with van der Waals surface area (Å²) in [5.74, 6) is 0.00629. The fourth-order valence-electron chi connectivity index (χ4n) is 3.95. The molecule has 0 radical (unpaired) electrons. The fraction of sp³-hybridized carbons (Fsp3) is 0.231. The third-order valence-corrected chi connectivity index (χ3v) is 5.41. The minimum atomic E-state index is -0.529. The molecule has 0 spiro atoms. The first-order valence-corrected chi connectivity index (χ1v) is 10.3. The molecule has 3 aromatic carbocycles. The summed E-state index contributed by atoms with van der Waals surface area (Å²) in [4.78, 5) is 15.9. The molecule has 0 aromatic heterocycles. The molecule has 3 aromatic rings. The first kappa shape index (κ1) is 20.6. The number of amides is 1. The van der Waals surface area contributed by atoms with Gasteiger partial charge < -0.3 is 19.6 Å². The van der Waals surface area contributed by atoms with Crippen molar-refractivity contribution in [3.63, 3.8) is 0 Å². The topological polar surface area (TPSA) is 51.9 Å². The monoisotopic (exact) mass is 412 g/mol. The molecule has 0 saturated carbocycles. The van der Waals surface area contributed by atoms with Crippen LogP contribution in [0.2, 0.25) is 0 Å². The Morgan fingerprint density at radius 3 is 2.19 bits per heavy atom. The lowest BCUT2D eigenvalue weighted by molar-refractivity contribution is 0.0930. The van der Waals surface area contributed by atoms with Gasteiger partial charge in [0.2, 0.25) is 6.54 Å². The number of rotatable bonds is 8. The van der Waals surface area contributed by atoms with Gasteiger partial charge in [-0.2, -0.15) is 0 Å². The molecule has 1 N–H and O–H groups in total. The SMILES string of the molecule is [C-]#[N+]C[C@H](COCc1ccccc1)NC(=O)OCC1c2ccccc2-c2ccccc21. The molecule has 0 heterocycles. The van der Waals surface area contributed by atoms with Crippen LogP contribution < -0.4 is 5.32 Å². The molecule has 4 rings (SSSR count). The zero-order valence-corrected chi connectivity index (χ0v) is 17.2. The number of nitrogens with zero attached hydrogens (tertiary/aromatic N) is 1. The van der Waals surface area contributed by atoms with Crippen molar-refractivity contribution in [2.24, 2.45) is 0 Å². The Labute approximate surface area is 182 Å². The Balaban J connectivity index is 1.33. The number of hydrogen-bond acceptors (Lipinski definition) is 3. The smallest absolute Gasteiger partial charge is 0.407 e. The minimum absolute atomic E-state index is 0.00629. The molecule has 31 heavy (non-hydrogen) atoms. The quantitative estimate of drug-likeness (QED) is 0.528. The summed E-state index contributed by atoms with van der Waals surface area (Å²) in [5.41, 5.74) is 5.76. The number of carbonyl (C=O) groups excluding carboxylic acids is 1. The Morgan fingerprint density at radius 2 is 1.55 bits per heavy atom. The molecule has 5 nitrogen and oxygen atoms in total. The summed E-state index contributed by atoms with van der Waals surface area (Å²) >= 11 is 0. The highest BCUT2D eigenvalue weighted by Crippen LogP contribution is 2.44. The van der Waals surface area contributed by atoms with E-state index in [1.807, 2.05) is 54.6 Å². The van der Waals surface area contributed by atoms with Crippen LogP contribution in [0.15, 0.2) is 78.9 Å². The van der Waals surface area contributed by atoms with Crippen LogP contribution in [-0.2, 0) is 16.1 Å². The van der Waals surface area contributed by atoms with Crippen molar-refractivity contribution in [2.45, 2.75) is 18.6 Å². The van der Waals surface area contributed by atoms with Gasteiger partial charge in [-0.3, -0.25) is 0 Å². The van der Waals surface area contributed by atoms with Gasteiger partial charge >= 0.3 is 6.09 Å². The fourth-order valence-corrected chi connectivity index (χ4v) is 3.95. The van der Waals surface area contributed by atoms with E-state index < -0.39 is 12.1 Å². The molecule has 1 atom stereocenters. The predicted octanol–water partition coefficient (Wildman–Crippen LogP) is 5.03. The Bertz CT molecular complexity index is 1030. The van der Waals surface area contributed by atoms with Crippen LogP contribution in [0.5, 0.6) is 0 Å². The summed E-state index contributed by atoms with van der Waals surface area (Å²) in [6.07, 6.45) is -0.529. The molecular weight excluding hydrogens is 388 g/mol. The summed E-state index contributed by atoms with van der Waals surface area (Å²) in [7, 11) is 0. The third-order valence-electron chi connectivity index (χ3n) is 5.41. The van der Waals surface area contributed by atoms with Gasteiger partial charge in [0.15, 0.2) is 0 Å². The number of alkyl carbamates (subject to hydrolysis) is 1. The molecule has 1 aliphatic carbocycles. The van der Waals surface area contributed by atoms with Crippen molar-refractivity contribution >= 4 is 6.09 Å². The maximum absolute atomic E-state index is 12.5. The molecular formula is C26H24N2O3. The van der Waals surface area contributed by atoms with Gasteiger partial charge in [-0.25, -0.2) is 11.4 Å². The summed E-state index contributed by atoms with van der Waals surface area (Å²) in [6.45, 7) is 8.22. The molecule has 0 unspecified atom stereocenters. The second-order valence-corrected chi connectivity index (χ2v) is 7.51. The Hall–Kier alpha value is -3.62. The van der Waals surface area contributed by atoms with Gasteiger partial charge in [-0.15, -0.1) is 0 Å². The van der Waals surface area contributed by atoms with E-state index >= 15 is 0 Å². The van der Waals surface area contributed by atoms with E-state index in [2.05, 4.69) is 34.4 Å². The summed E-state index contributed by atoms with van der Waals surface area (Å²) < 4.78 is 11.3. The third kappa shape index (κ3) is 4.93. The predicted molar refractivity (Wildman–Crippen MR) is 120 cm³/mol. The van der Waals surface area contributed by atoms with E-state index in [9.17, 15) is 4.79 Å². The largest absolute Gasteiger partial charge is 0.449 e. The van der Waals surface area contributed by atoms with E-state index in [4.69, 9.17) is 16.0 Å². The lowest BCUT2D eigenvalue weighted by Crippen LogP contribution is -2.40. The highest BCUT2D eigenvalue weighted by molar-refractivity contribution is 5.79. The zero-order valence-electron chi connectivity index (χ0n) is 17.2. The van der Waals surface area contributed by atoms with Crippen LogP contribution >= 0.6 is 0 Å². The van der Waals surface area contributed by atoms with Gasteiger partial charge in [-0.05, 0) is 27.8 Å². The first-order valence-electron chi connectivity index (χ1n) is 10.3. The van der Waals surface area contributed by atoms with E-state index in [-0.39, 0.29) is 25.7 Å². The maximum Gasteiger partial charge on any atom is 0.407 e. The van der Waals surface area contributed by atoms with E-state index in [0.29, 0.717) is 6.61 Å². The number of hydrogen-bond donors (Lipinski definition) is 1. The van der Waals surface area contributed by atoms with Crippen molar-refractivity contribution in [2.75, 3.05) is 19.8 Å². The van der Waals surface area contributed by atoms with Gasteiger partial charge in [0.1, 0.15) is 12.6 Å². The lowest BCUT2D eigenvalue weighted by atomic mass is 9.98. The van der Waals surface area contributed by atoms with E-state index in [1.165, 1.54) is 22.3 Å². The van der Waals surface area contributed by atoms with Crippen molar-refractivity contribution in [1.82, 2.24) is 5.32 Å². The van der Waals surface area contributed by atoms with Gasteiger partial charge in [0.05, 0.1) is 13.2 Å². The van der Waals surface area contributed by atoms with Crippen molar-refractivity contribution < 1.29 is 14.3 Å². The lowest BCUT2D eigenvalue weighted by Gasteiger charge is -2.17. The van der Waals surface area contributed by atoms with E-state index in [0.717, 1.165) is 5.56 Å². The molecule has 5 heteroatoms. The Kier molecular flexibility index (Phi) is 6.61. The zero-order chi connectivity index (χ0) is 21.5. The van der Waals surface area contributed by atoms with Crippen LogP contribution in [0, 0.1) is 6.57 Å². The normalized spacial score (nSPS) is 13.0. The Morgan fingerprint density at radius 1 is 0.935 bits per heavy atom. The van der Waals surface area contributed by atoms with Crippen LogP contribution in [0.3, 0.4) is 0 Å². The second kappa shape index (κ2) is 9.92. The van der Waals surface area contributed by atoms with Gasteiger partial charge in [0, 0.05) is 5.92 Å². The van der Waals surface area contributed by atoms with E-state index in [1.54, 1.807) is 0 Å². The van der Waals surface area contributed by atoms with Crippen LogP contribution in [0.25, 0.3) is 16.0 Å². The summed E-state index contributed by atoms with van der Waals surface area (Å²) in [6, 6.07) is 25.8. The molecule has 1 amide bonds. The minimum Gasteiger partial charge on any atom is -0.449 e. The average molecular weight is 412 g/mol. The second-order valence-electron chi connectivity index (χ2n) is 7.51. The molecule has 0 saturated heterocycles. The molecule has 0 fully saturated rings. The average Bonchev–Trinajstić information content (AvgIpc) is 3.12. The van der Waals surface area contributed by atoms with Gasteiger partial charge in [0.25, 0.3) is 0 Å². The number of fused-ring (bicyclic) bond motifs is 3. The van der Waals surface area contributed by atoms with Crippen molar-refractivity contribution in [3.8, 4) is 11.1 Å². The molecule has 0 aliphatic heterocycles. The number of carbonyl (C=O) groups is 1. The first-order chi connectivity index (χ1) is 15.3. The molecule has 0 bridgehead atoms. The highest BCUT2D eigenvalue weighted by Gasteiger charge is 2.29. The number of ether oxygens (including phenoxy) is 2. The van der Waals surface area contributed by atoms with Crippen LogP contribution in [-0.4, -0.2) is 31.9 Å². The van der Waals surface area contributed by atoms with Crippen molar-refractivity contribution in [1.29, 1.82) is 0 Å². The van der Waals surface area contributed by atoms with Gasteiger partial charge in [-0.1, -0.05) is 78.9 Å². The van der Waals surface area contributed by atoms with Crippen LogP contribution in [0.1, 0.15) is 22.6 Å². The number of nitrogens with one attached hydrogen (secondary N) is 1. The summed E-state index contributed by atoms with van der Waals surface area (Å²) in [5, 5.41) is 2.78. The van der Waals surface area contributed by atoms with Crippen molar-refractivity contribution in [3.05, 3.63) is 107 Å². The molecule has 156 valence electrons. The maximum atomic E-state index is 12.5.